The number of carbonyl (C=O) groups is 1. The average molecular weight is 440 g/mol. The minimum Gasteiger partial charge on any atom is -0.480 e. The number of nitrogens with one attached hydrogen (secondary N) is 2. The molecule has 3 aromatic rings. The van der Waals surface area contributed by atoms with Crippen LogP contribution in [0.3, 0.4) is 0 Å². The highest BCUT2D eigenvalue weighted by atomic mass is 35.5. The van der Waals surface area contributed by atoms with Gasteiger partial charge in [-0.1, -0.05) is 17.7 Å². The second-order valence-electron chi connectivity index (χ2n) is 7.34. The summed E-state index contributed by atoms with van der Waals surface area (Å²) < 4.78 is 6.88. The van der Waals surface area contributed by atoms with Gasteiger partial charge in [-0.3, -0.25) is 9.59 Å². The van der Waals surface area contributed by atoms with Crippen molar-refractivity contribution in [2.24, 2.45) is 7.05 Å². The lowest BCUT2D eigenvalue weighted by Gasteiger charge is -2.15. The molecule has 0 spiro atoms. The maximum absolute atomic E-state index is 12.5. The zero-order valence-electron chi connectivity index (χ0n) is 17.2. The molecule has 1 aliphatic rings. The predicted molar refractivity (Wildman–Crippen MR) is 121 cm³/mol. The van der Waals surface area contributed by atoms with Gasteiger partial charge in [-0.2, -0.15) is 0 Å². The van der Waals surface area contributed by atoms with Crippen molar-refractivity contribution in [3.05, 3.63) is 57.7 Å². The summed E-state index contributed by atoms with van der Waals surface area (Å²) in [4.78, 5) is 32.7. The number of pyridine rings is 1. The van der Waals surface area contributed by atoms with Crippen molar-refractivity contribution in [1.29, 1.82) is 0 Å². The van der Waals surface area contributed by atoms with Crippen LogP contribution in [0.1, 0.15) is 19.2 Å². The fraction of sp³-hybridized carbons (Fsp3) is 0.273. The molecule has 9 heteroatoms. The number of nitrogens with zero attached hydrogens (tertiary/aromatic N) is 3. The number of Topliss-reactive ketones (excluding diaryl/α,β-unsaturated/α-hetero) is 1. The van der Waals surface area contributed by atoms with Gasteiger partial charge in [0.15, 0.2) is 23.2 Å². The molecule has 0 saturated heterocycles. The lowest BCUT2D eigenvalue weighted by Crippen LogP contribution is -2.21. The van der Waals surface area contributed by atoms with E-state index in [9.17, 15) is 9.59 Å². The van der Waals surface area contributed by atoms with Crippen LogP contribution in [-0.2, 0) is 11.8 Å². The maximum Gasteiger partial charge on any atom is 0.293 e. The van der Waals surface area contributed by atoms with Crippen LogP contribution in [0.4, 0.5) is 11.5 Å². The summed E-state index contributed by atoms with van der Waals surface area (Å²) in [5.74, 6) is 1.12. The van der Waals surface area contributed by atoms with Crippen LogP contribution in [0.5, 0.6) is 5.75 Å². The summed E-state index contributed by atoms with van der Waals surface area (Å²) in [5.41, 5.74) is 2.27. The Balaban J connectivity index is 1.67. The Bertz CT molecular complexity index is 1250. The molecule has 0 bridgehead atoms. The summed E-state index contributed by atoms with van der Waals surface area (Å²) in [6, 6.07) is 7.19. The topological polar surface area (TPSA) is 98.1 Å². The SMILES string of the molecule is CC(=O)COc1cc2cc(Nc3nc(C4=CCNCC4)ncc3Cl)ccc2n(C)c1=O. The summed E-state index contributed by atoms with van der Waals surface area (Å²) in [5, 5.41) is 7.69. The van der Waals surface area contributed by atoms with E-state index in [0.29, 0.717) is 16.7 Å². The lowest BCUT2D eigenvalue weighted by molar-refractivity contribution is -0.118. The Morgan fingerprint density at radius 1 is 1.35 bits per heavy atom. The molecule has 0 saturated carbocycles. The van der Waals surface area contributed by atoms with Crippen LogP contribution in [0, 0.1) is 0 Å². The van der Waals surface area contributed by atoms with Crippen molar-refractivity contribution in [2.75, 3.05) is 25.0 Å². The van der Waals surface area contributed by atoms with E-state index in [0.717, 1.165) is 41.7 Å². The quantitative estimate of drug-likeness (QED) is 0.609. The third-order valence-electron chi connectivity index (χ3n) is 4.98. The molecule has 0 radical (unpaired) electrons. The van der Waals surface area contributed by atoms with Crippen LogP contribution >= 0.6 is 11.6 Å². The van der Waals surface area contributed by atoms with E-state index >= 15 is 0 Å². The first kappa shape index (κ1) is 21.0. The van der Waals surface area contributed by atoms with Crippen LogP contribution in [-0.4, -0.2) is 40.0 Å². The van der Waals surface area contributed by atoms with Gasteiger partial charge in [-0.15, -0.1) is 0 Å². The molecule has 31 heavy (non-hydrogen) atoms. The number of fused-ring (bicyclic) bond motifs is 1. The number of ether oxygens (including phenoxy) is 1. The van der Waals surface area contributed by atoms with Gasteiger partial charge in [0.05, 0.1) is 11.7 Å². The number of carbonyl (C=O) groups excluding carboxylic acids is 1. The molecule has 2 aromatic heterocycles. The standard InChI is InChI=1S/C22H22ClN5O3/c1-13(29)12-31-19-10-15-9-16(3-4-18(15)28(2)22(19)30)26-21-17(23)11-25-20(27-21)14-5-7-24-8-6-14/h3-5,9-11,24H,6-8,12H2,1-2H3,(H,25,26,27). The summed E-state index contributed by atoms with van der Waals surface area (Å²) in [6.07, 6.45) is 4.53. The van der Waals surface area contributed by atoms with E-state index in [4.69, 9.17) is 16.3 Å². The minimum atomic E-state index is -0.298. The number of ketones is 1. The fourth-order valence-electron chi connectivity index (χ4n) is 3.39. The molecular weight excluding hydrogens is 418 g/mol. The molecule has 1 aromatic carbocycles. The first-order chi connectivity index (χ1) is 14.9. The molecule has 0 aliphatic carbocycles. The van der Waals surface area contributed by atoms with Crippen LogP contribution in [0.15, 0.2) is 41.3 Å². The number of halogens is 1. The Hall–Kier alpha value is -3.23. The molecule has 4 rings (SSSR count). The van der Waals surface area contributed by atoms with Crippen molar-refractivity contribution < 1.29 is 9.53 Å². The number of aromatic nitrogens is 3. The summed E-state index contributed by atoms with van der Waals surface area (Å²) in [6.45, 7) is 2.94. The number of benzene rings is 1. The molecule has 3 heterocycles. The Morgan fingerprint density at radius 2 is 2.19 bits per heavy atom. The third kappa shape index (κ3) is 4.60. The van der Waals surface area contributed by atoms with E-state index < -0.39 is 0 Å². The van der Waals surface area contributed by atoms with Gasteiger partial charge < -0.3 is 19.9 Å². The first-order valence-corrected chi connectivity index (χ1v) is 10.3. The van der Waals surface area contributed by atoms with E-state index in [1.54, 1.807) is 19.3 Å². The van der Waals surface area contributed by atoms with Gasteiger partial charge in [-0.05, 0) is 49.7 Å². The first-order valence-electron chi connectivity index (χ1n) is 9.88. The normalized spacial score (nSPS) is 13.7. The highest BCUT2D eigenvalue weighted by Gasteiger charge is 2.13. The smallest absolute Gasteiger partial charge is 0.293 e. The minimum absolute atomic E-state index is 0.127. The molecule has 2 N–H and O–H groups in total. The zero-order valence-corrected chi connectivity index (χ0v) is 18.0. The van der Waals surface area contributed by atoms with Gasteiger partial charge >= 0.3 is 0 Å². The van der Waals surface area contributed by atoms with E-state index in [1.807, 2.05) is 18.2 Å². The zero-order chi connectivity index (χ0) is 22.0. The van der Waals surface area contributed by atoms with E-state index in [-0.39, 0.29) is 23.7 Å². The Morgan fingerprint density at radius 3 is 2.94 bits per heavy atom. The molecule has 0 amide bonds. The number of rotatable bonds is 6. The van der Waals surface area contributed by atoms with Crippen molar-refractivity contribution in [3.8, 4) is 5.75 Å². The number of anilines is 2. The van der Waals surface area contributed by atoms with Crippen LogP contribution in [0.25, 0.3) is 16.5 Å². The number of hydrogen-bond donors (Lipinski definition) is 2. The molecule has 8 nitrogen and oxygen atoms in total. The van der Waals surface area contributed by atoms with Gasteiger partial charge in [0.2, 0.25) is 0 Å². The second kappa shape index (κ2) is 8.87. The van der Waals surface area contributed by atoms with E-state index in [1.165, 1.54) is 11.5 Å². The summed E-state index contributed by atoms with van der Waals surface area (Å²) in [7, 11) is 1.67. The van der Waals surface area contributed by atoms with E-state index in [2.05, 4.69) is 26.7 Å². The predicted octanol–water partition coefficient (Wildman–Crippen LogP) is 3.07. The second-order valence-corrected chi connectivity index (χ2v) is 7.74. The van der Waals surface area contributed by atoms with Crippen molar-refractivity contribution in [2.45, 2.75) is 13.3 Å². The fourth-order valence-corrected chi connectivity index (χ4v) is 3.52. The average Bonchev–Trinajstić information content (AvgIpc) is 2.77. The Kier molecular flexibility index (Phi) is 6.01. The highest BCUT2D eigenvalue weighted by molar-refractivity contribution is 6.32. The van der Waals surface area contributed by atoms with Gasteiger partial charge in [0, 0.05) is 24.7 Å². The van der Waals surface area contributed by atoms with Crippen molar-refractivity contribution in [3.63, 3.8) is 0 Å². The monoisotopic (exact) mass is 439 g/mol. The van der Waals surface area contributed by atoms with Gasteiger partial charge in [0.1, 0.15) is 11.6 Å². The molecule has 0 fully saturated rings. The third-order valence-corrected chi connectivity index (χ3v) is 5.26. The molecule has 0 unspecified atom stereocenters. The van der Waals surface area contributed by atoms with Crippen molar-refractivity contribution >= 4 is 45.4 Å². The molecule has 1 aliphatic heterocycles. The molecule has 160 valence electrons. The lowest BCUT2D eigenvalue weighted by atomic mass is 10.1. The summed E-state index contributed by atoms with van der Waals surface area (Å²) >= 11 is 6.33. The van der Waals surface area contributed by atoms with Crippen molar-refractivity contribution in [1.82, 2.24) is 19.9 Å². The highest BCUT2D eigenvalue weighted by Crippen LogP contribution is 2.28. The largest absolute Gasteiger partial charge is 0.480 e. The van der Waals surface area contributed by atoms with Gasteiger partial charge in [0.25, 0.3) is 5.56 Å². The molecule has 0 atom stereocenters. The number of hydrogen-bond acceptors (Lipinski definition) is 7. The van der Waals surface area contributed by atoms with Crippen LogP contribution in [0.2, 0.25) is 5.02 Å². The Labute approximate surface area is 183 Å². The van der Waals surface area contributed by atoms with Gasteiger partial charge in [-0.25, -0.2) is 9.97 Å². The maximum atomic E-state index is 12.5. The number of aryl methyl sites for hydroxylation is 1. The molecular formula is C22H22ClN5O3. The van der Waals surface area contributed by atoms with Crippen LogP contribution < -0.4 is 20.9 Å².